The zero-order valence-electron chi connectivity index (χ0n) is 11.5. The highest BCUT2D eigenvalue weighted by atomic mass is 31.1. The Morgan fingerprint density at radius 3 is 2.50 bits per heavy atom. The van der Waals surface area contributed by atoms with Gasteiger partial charge in [-0.2, -0.15) is 0 Å². The maximum Gasteiger partial charge on any atom is 0.408 e. The van der Waals surface area contributed by atoms with E-state index in [-0.39, 0.29) is 13.2 Å². The minimum Gasteiger partial charge on any atom is -0.460 e. The molecule has 0 spiro atoms. The normalized spacial score (nSPS) is 11.3. The van der Waals surface area contributed by atoms with Crippen LogP contribution in [0.25, 0.3) is 0 Å². The molecule has 0 radical (unpaired) electrons. The summed E-state index contributed by atoms with van der Waals surface area (Å²) in [5.41, 5.74) is 0.336. The van der Waals surface area contributed by atoms with Crippen LogP contribution >= 0.6 is 8.58 Å². The van der Waals surface area contributed by atoms with Crippen molar-refractivity contribution >= 4 is 20.6 Å². The number of ether oxygens (including phenoxy) is 2. The summed E-state index contributed by atoms with van der Waals surface area (Å²) in [4.78, 5) is 22.5. The first kappa shape index (κ1) is 16.9. The van der Waals surface area contributed by atoms with Crippen molar-refractivity contribution in [2.75, 3.05) is 19.3 Å². The Morgan fingerprint density at radius 1 is 1.39 bits per heavy atom. The van der Waals surface area contributed by atoms with Crippen molar-refractivity contribution in [2.24, 2.45) is 0 Å². The number of hydrogen-bond donors (Lipinski definition) is 1. The first-order chi connectivity index (χ1) is 8.28. The summed E-state index contributed by atoms with van der Waals surface area (Å²) in [6.07, 6.45) is 0.476. The molecule has 0 aromatic rings. The molecule has 1 N–H and O–H groups in total. The smallest absolute Gasteiger partial charge is 0.408 e. The largest absolute Gasteiger partial charge is 0.460 e. The summed E-state index contributed by atoms with van der Waals surface area (Å²) in [7, 11) is 0.552. The maximum absolute atomic E-state index is 11.4. The number of nitrogens with one attached hydrogen (secondary N) is 1. The van der Waals surface area contributed by atoms with E-state index in [1.165, 1.54) is 0 Å². The molecular formula is C12H22NO4P. The van der Waals surface area contributed by atoms with Crippen LogP contribution in [-0.4, -0.2) is 36.7 Å². The van der Waals surface area contributed by atoms with Gasteiger partial charge >= 0.3 is 12.1 Å². The molecule has 1 atom stereocenters. The highest BCUT2D eigenvalue weighted by Crippen LogP contribution is 2.31. The van der Waals surface area contributed by atoms with Gasteiger partial charge in [0.15, 0.2) is 0 Å². The van der Waals surface area contributed by atoms with E-state index in [0.717, 1.165) is 6.16 Å². The first-order valence-electron chi connectivity index (χ1n) is 5.83. The number of hydrogen-bond acceptors (Lipinski definition) is 4. The molecule has 0 aromatic heterocycles. The van der Waals surface area contributed by atoms with Crippen molar-refractivity contribution in [1.82, 2.24) is 5.32 Å². The summed E-state index contributed by atoms with van der Waals surface area (Å²) in [5, 5.41) is 2.08. The van der Waals surface area contributed by atoms with Gasteiger partial charge in [0.1, 0.15) is 11.9 Å². The molecule has 0 saturated carbocycles. The summed E-state index contributed by atoms with van der Waals surface area (Å²) in [5.74, 6) is -0.460. The van der Waals surface area contributed by atoms with E-state index in [2.05, 4.69) is 11.9 Å². The molecule has 0 fully saturated rings. The monoisotopic (exact) mass is 275 g/mol. The first-order valence-corrected chi connectivity index (χ1v) is 7.03. The van der Waals surface area contributed by atoms with Crippen molar-refractivity contribution in [1.29, 1.82) is 0 Å². The third-order valence-corrected chi connectivity index (χ3v) is 3.21. The van der Waals surface area contributed by atoms with E-state index in [9.17, 15) is 9.59 Å². The van der Waals surface area contributed by atoms with Crippen molar-refractivity contribution in [2.45, 2.75) is 33.0 Å². The predicted molar refractivity (Wildman–Crippen MR) is 73.2 cm³/mol. The van der Waals surface area contributed by atoms with Gasteiger partial charge in [0, 0.05) is 5.57 Å². The van der Waals surface area contributed by atoms with E-state index in [4.69, 9.17) is 9.47 Å². The zero-order valence-corrected chi connectivity index (χ0v) is 12.5. The molecule has 0 saturated heterocycles. The van der Waals surface area contributed by atoms with Crippen molar-refractivity contribution < 1.29 is 19.1 Å². The van der Waals surface area contributed by atoms with E-state index in [1.54, 1.807) is 6.92 Å². The van der Waals surface area contributed by atoms with Crippen molar-refractivity contribution in [3.05, 3.63) is 12.2 Å². The Hall–Kier alpha value is -1.09. The molecule has 0 aliphatic heterocycles. The molecule has 5 nitrogen and oxygen atoms in total. The highest BCUT2D eigenvalue weighted by molar-refractivity contribution is 7.39. The molecule has 0 aromatic carbocycles. The minimum atomic E-state index is -0.493. The van der Waals surface area contributed by atoms with E-state index in [1.807, 2.05) is 20.8 Å². The highest BCUT2D eigenvalue weighted by Gasteiger charge is 2.21. The lowest BCUT2D eigenvalue weighted by molar-refractivity contribution is -0.138. The van der Waals surface area contributed by atoms with E-state index >= 15 is 0 Å². The molecule has 0 aliphatic carbocycles. The molecule has 1 unspecified atom stereocenters. The fraction of sp³-hybridized carbons (Fsp3) is 0.667. The number of amides is 1. The maximum atomic E-state index is 11.4. The lowest BCUT2D eigenvalue weighted by atomic mass is 10.4. The van der Waals surface area contributed by atoms with E-state index in [0.29, 0.717) is 14.2 Å². The van der Waals surface area contributed by atoms with Gasteiger partial charge in [0.05, 0.1) is 6.54 Å². The molecule has 0 rings (SSSR count). The van der Waals surface area contributed by atoms with Crippen LogP contribution in [0.2, 0.25) is 0 Å². The molecule has 18 heavy (non-hydrogen) atoms. The molecule has 6 heteroatoms. The molecule has 0 aliphatic rings. The van der Waals surface area contributed by atoms with Gasteiger partial charge in [-0.1, -0.05) is 22.1 Å². The summed E-state index contributed by atoms with van der Waals surface area (Å²) in [6.45, 7) is 11.1. The Morgan fingerprint density at radius 2 is 2.00 bits per heavy atom. The topological polar surface area (TPSA) is 64.6 Å². The van der Waals surface area contributed by atoms with Gasteiger partial charge in [0.2, 0.25) is 0 Å². The van der Waals surface area contributed by atoms with Gasteiger partial charge in [0.25, 0.3) is 0 Å². The molecule has 104 valence electrons. The quantitative estimate of drug-likeness (QED) is 0.335. The van der Waals surface area contributed by atoms with Gasteiger partial charge in [-0.3, -0.25) is 0 Å². The number of carbonyl (C=O) groups is 2. The Labute approximate surface area is 110 Å². The van der Waals surface area contributed by atoms with Gasteiger partial charge in [-0.15, -0.1) is 0 Å². The van der Waals surface area contributed by atoms with Crippen LogP contribution in [0.4, 0.5) is 4.79 Å². The average molecular weight is 275 g/mol. The Bertz CT molecular complexity index is 315. The van der Waals surface area contributed by atoms with Crippen LogP contribution in [-0.2, 0) is 14.3 Å². The number of rotatable bonds is 7. The summed E-state index contributed by atoms with van der Waals surface area (Å²) >= 11 is 0. The summed E-state index contributed by atoms with van der Waals surface area (Å²) < 4.78 is 10.1. The van der Waals surface area contributed by atoms with Gasteiger partial charge in [-0.05, 0) is 26.9 Å². The molecule has 0 heterocycles. The Balaban J connectivity index is 3.78. The van der Waals surface area contributed by atoms with E-state index < -0.39 is 17.4 Å². The minimum absolute atomic E-state index is 0.108. The number of alkyl carbamates (subject to hydrolysis) is 1. The third-order valence-electron chi connectivity index (χ3n) is 1.90. The predicted octanol–water partition coefficient (Wildman–Crippen LogP) is 2.27. The average Bonchev–Trinajstić information content (AvgIpc) is 2.22. The summed E-state index contributed by atoms with van der Waals surface area (Å²) in [6, 6.07) is 0. The standard InChI is InChI=1S/C12H22NO4P/c1-6-18-12(4,5)17-11(15)13-7-8-16-10(14)9(2)3/h18H,2,6-8H2,1,3-5H3,(H,13,15). The molecule has 1 amide bonds. The lowest BCUT2D eigenvalue weighted by Crippen LogP contribution is -2.34. The molecular weight excluding hydrogens is 253 g/mol. The van der Waals surface area contributed by atoms with Crippen LogP contribution in [0.3, 0.4) is 0 Å². The second kappa shape index (κ2) is 8.09. The Kier molecular flexibility index (Phi) is 7.60. The second-order valence-corrected chi connectivity index (χ2v) is 6.54. The third kappa shape index (κ3) is 8.07. The zero-order chi connectivity index (χ0) is 14.2. The van der Waals surface area contributed by atoms with Crippen molar-refractivity contribution in [3.8, 4) is 0 Å². The fourth-order valence-corrected chi connectivity index (χ4v) is 2.17. The van der Waals surface area contributed by atoms with Crippen molar-refractivity contribution in [3.63, 3.8) is 0 Å². The van der Waals surface area contributed by atoms with Crippen LogP contribution in [0.1, 0.15) is 27.7 Å². The van der Waals surface area contributed by atoms with Crippen LogP contribution in [0.15, 0.2) is 12.2 Å². The van der Waals surface area contributed by atoms with Crippen LogP contribution in [0.5, 0.6) is 0 Å². The van der Waals surface area contributed by atoms with Crippen LogP contribution in [0, 0.1) is 0 Å². The fourth-order valence-electron chi connectivity index (χ4n) is 1.15. The second-order valence-electron chi connectivity index (χ2n) is 4.27. The lowest BCUT2D eigenvalue weighted by Gasteiger charge is -2.24. The van der Waals surface area contributed by atoms with Crippen LogP contribution < -0.4 is 5.32 Å². The molecule has 0 bridgehead atoms. The number of carbonyl (C=O) groups excluding carboxylic acids is 2. The number of esters is 1. The van der Waals surface area contributed by atoms with Gasteiger partial charge < -0.3 is 14.8 Å². The SMILES string of the molecule is C=C(C)C(=O)OCCNC(=O)OC(C)(C)PCC. The van der Waals surface area contributed by atoms with Gasteiger partial charge in [-0.25, -0.2) is 9.59 Å².